The van der Waals surface area contributed by atoms with E-state index in [0.29, 0.717) is 5.69 Å². The van der Waals surface area contributed by atoms with Gasteiger partial charge in [-0.15, -0.1) is 11.8 Å². The van der Waals surface area contributed by atoms with E-state index in [1.54, 1.807) is 48.5 Å². The summed E-state index contributed by atoms with van der Waals surface area (Å²) in [6.07, 6.45) is 0. The molecule has 0 radical (unpaired) electrons. The Morgan fingerprint density at radius 1 is 1.09 bits per heavy atom. The van der Waals surface area contributed by atoms with E-state index < -0.39 is 10.0 Å². The molecule has 23 heavy (non-hydrogen) atoms. The summed E-state index contributed by atoms with van der Waals surface area (Å²) >= 11 is 1.33. The van der Waals surface area contributed by atoms with Crippen LogP contribution in [0.5, 0.6) is 0 Å². The summed E-state index contributed by atoms with van der Waals surface area (Å²) in [5, 5.41) is 0. The van der Waals surface area contributed by atoms with Gasteiger partial charge in [0.2, 0.25) is 0 Å². The van der Waals surface area contributed by atoms with E-state index in [1.807, 2.05) is 6.92 Å². The van der Waals surface area contributed by atoms with Crippen molar-refractivity contribution in [2.75, 3.05) is 17.6 Å². The molecular weight excluding hydrogens is 334 g/mol. The summed E-state index contributed by atoms with van der Waals surface area (Å²) in [6, 6.07) is 13.5. The van der Waals surface area contributed by atoms with Crippen molar-refractivity contribution in [2.45, 2.75) is 16.7 Å². The van der Waals surface area contributed by atoms with Crippen LogP contribution in [-0.2, 0) is 19.6 Å². The molecule has 0 heterocycles. The first-order valence-corrected chi connectivity index (χ1v) is 9.27. The van der Waals surface area contributed by atoms with Gasteiger partial charge in [0, 0.05) is 10.6 Å². The average Bonchev–Trinajstić information content (AvgIpc) is 2.54. The molecular formula is C16H17NO4S2. The Morgan fingerprint density at radius 2 is 1.70 bits per heavy atom. The first kappa shape index (κ1) is 17.4. The molecule has 0 aliphatic heterocycles. The second kappa shape index (κ2) is 7.52. The van der Waals surface area contributed by atoms with E-state index in [4.69, 9.17) is 0 Å². The summed E-state index contributed by atoms with van der Waals surface area (Å²) in [5.41, 5.74) is 1.46. The lowest BCUT2D eigenvalue weighted by Crippen LogP contribution is -2.12. The minimum atomic E-state index is -3.60. The molecule has 0 saturated heterocycles. The molecule has 0 bridgehead atoms. The van der Waals surface area contributed by atoms with Crippen molar-refractivity contribution in [3.8, 4) is 0 Å². The molecule has 0 aromatic heterocycles. The van der Waals surface area contributed by atoms with Crippen molar-refractivity contribution in [1.82, 2.24) is 0 Å². The summed E-state index contributed by atoms with van der Waals surface area (Å²) < 4.78 is 31.6. The number of rotatable bonds is 6. The average molecular weight is 351 g/mol. The van der Waals surface area contributed by atoms with Crippen LogP contribution in [-0.4, -0.2) is 27.2 Å². The fourth-order valence-electron chi connectivity index (χ4n) is 1.75. The van der Waals surface area contributed by atoms with Crippen LogP contribution in [0.4, 0.5) is 5.69 Å². The maximum atomic E-state index is 12.3. The van der Waals surface area contributed by atoms with E-state index in [-0.39, 0.29) is 16.6 Å². The zero-order valence-electron chi connectivity index (χ0n) is 12.8. The Labute approximate surface area is 140 Å². The SMILES string of the molecule is COC(=O)CSc1ccc(NS(=O)(=O)c2ccc(C)cc2)cc1. The molecule has 5 nitrogen and oxygen atoms in total. The predicted molar refractivity (Wildman–Crippen MR) is 91.2 cm³/mol. The lowest BCUT2D eigenvalue weighted by atomic mass is 10.2. The molecule has 2 rings (SSSR count). The highest BCUT2D eigenvalue weighted by Crippen LogP contribution is 2.22. The molecule has 122 valence electrons. The van der Waals surface area contributed by atoms with Crippen LogP contribution in [0.15, 0.2) is 58.3 Å². The van der Waals surface area contributed by atoms with Crippen molar-refractivity contribution in [3.63, 3.8) is 0 Å². The van der Waals surface area contributed by atoms with Gasteiger partial charge in [-0.3, -0.25) is 9.52 Å². The van der Waals surface area contributed by atoms with Gasteiger partial charge in [-0.25, -0.2) is 8.42 Å². The first-order valence-electron chi connectivity index (χ1n) is 6.80. The Hall–Kier alpha value is -1.99. The predicted octanol–water partition coefficient (Wildman–Crippen LogP) is 3.06. The standard InChI is InChI=1S/C16H17NO4S2/c1-12-3-9-15(10-4-12)23(19,20)17-13-5-7-14(8-6-13)22-11-16(18)21-2/h3-10,17H,11H2,1-2H3. The molecule has 0 aliphatic rings. The number of anilines is 1. The number of hydrogen-bond donors (Lipinski definition) is 1. The normalized spacial score (nSPS) is 11.0. The highest BCUT2D eigenvalue weighted by molar-refractivity contribution is 8.00. The van der Waals surface area contributed by atoms with Crippen LogP contribution in [0.3, 0.4) is 0 Å². The number of methoxy groups -OCH3 is 1. The second-order valence-electron chi connectivity index (χ2n) is 4.81. The third-order valence-electron chi connectivity index (χ3n) is 3.02. The van der Waals surface area contributed by atoms with E-state index >= 15 is 0 Å². The monoisotopic (exact) mass is 351 g/mol. The summed E-state index contributed by atoms with van der Waals surface area (Å²) in [7, 11) is -2.26. The van der Waals surface area contributed by atoms with Gasteiger partial charge in [0.15, 0.2) is 0 Å². The number of carbonyl (C=O) groups excluding carboxylic acids is 1. The molecule has 0 fully saturated rings. The van der Waals surface area contributed by atoms with Crippen molar-refractivity contribution >= 4 is 33.4 Å². The van der Waals surface area contributed by atoms with E-state index in [2.05, 4.69) is 9.46 Å². The summed E-state index contributed by atoms with van der Waals surface area (Å²) in [6.45, 7) is 1.90. The topological polar surface area (TPSA) is 72.5 Å². The van der Waals surface area contributed by atoms with Gasteiger partial charge in [0.05, 0.1) is 17.8 Å². The molecule has 0 spiro atoms. The number of benzene rings is 2. The highest BCUT2D eigenvalue weighted by atomic mass is 32.2. The number of esters is 1. The van der Waals surface area contributed by atoms with Crippen LogP contribution in [0.1, 0.15) is 5.56 Å². The van der Waals surface area contributed by atoms with E-state index in [9.17, 15) is 13.2 Å². The van der Waals surface area contributed by atoms with Gasteiger partial charge >= 0.3 is 5.97 Å². The van der Waals surface area contributed by atoms with Gasteiger partial charge in [-0.2, -0.15) is 0 Å². The Bertz CT molecular complexity index is 769. The number of carbonyl (C=O) groups is 1. The number of thioether (sulfide) groups is 1. The van der Waals surface area contributed by atoms with Crippen LogP contribution in [0.25, 0.3) is 0 Å². The number of ether oxygens (including phenoxy) is 1. The van der Waals surface area contributed by atoms with Crippen LogP contribution in [0, 0.1) is 6.92 Å². The molecule has 0 saturated carbocycles. The molecule has 1 N–H and O–H groups in total. The van der Waals surface area contributed by atoms with Crippen molar-refractivity contribution in [2.24, 2.45) is 0 Å². The van der Waals surface area contributed by atoms with E-state index in [0.717, 1.165) is 10.5 Å². The lowest BCUT2D eigenvalue weighted by molar-refractivity contribution is -0.137. The van der Waals surface area contributed by atoms with Gasteiger partial charge in [0.1, 0.15) is 0 Å². The summed E-state index contributed by atoms with van der Waals surface area (Å²) in [4.78, 5) is 12.2. The molecule has 2 aromatic rings. The zero-order chi connectivity index (χ0) is 16.9. The largest absolute Gasteiger partial charge is 0.468 e. The van der Waals surface area contributed by atoms with Gasteiger partial charge < -0.3 is 4.74 Å². The number of hydrogen-bond acceptors (Lipinski definition) is 5. The number of nitrogens with one attached hydrogen (secondary N) is 1. The highest BCUT2D eigenvalue weighted by Gasteiger charge is 2.13. The number of sulfonamides is 1. The van der Waals surface area contributed by atoms with Crippen LogP contribution >= 0.6 is 11.8 Å². The molecule has 0 amide bonds. The molecule has 7 heteroatoms. The Kier molecular flexibility index (Phi) is 5.68. The molecule has 0 unspecified atom stereocenters. The third kappa shape index (κ3) is 5.01. The van der Waals surface area contributed by atoms with Gasteiger partial charge in [-0.05, 0) is 43.3 Å². The van der Waals surface area contributed by atoms with Crippen molar-refractivity contribution < 1.29 is 17.9 Å². The number of aryl methyl sites for hydroxylation is 1. The Balaban J connectivity index is 2.05. The third-order valence-corrected chi connectivity index (χ3v) is 5.40. The maximum absolute atomic E-state index is 12.3. The Morgan fingerprint density at radius 3 is 2.26 bits per heavy atom. The smallest absolute Gasteiger partial charge is 0.315 e. The van der Waals surface area contributed by atoms with E-state index in [1.165, 1.54) is 18.9 Å². The fraction of sp³-hybridized carbons (Fsp3) is 0.188. The maximum Gasteiger partial charge on any atom is 0.315 e. The van der Waals surface area contributed by atoms with Crippen molar-refractivity contribution in [1.29, 1.82) is 0 Å². The molecule has 2 aromatic carbocycles. The van der Waals surface area contributed by atoms with Gasteiger partial charge in [-0.1, -0.05) is 17.7 Å². The molecule has 0 atom stereocenters. The fourth-order valence-corrected chi connectivity index (χ4v) is 3.54. The second-order valence-corrected chi connectivity index (χ2v) is 7.54. The minimum Gasteiger partial charge on any atom is -0.468 e. The lowest BCUT2D eigenvalue weighted by Gasteiger charge is -2.09. The quantitative estimate of drug-likeness (QED) is 0.640. The summed E-state index contributed by atoms with van der Waals surface area (Å²) in [5.74, 6) is -0.0931. The first-order chi connectivity index (χ1) is 10.9. The van der Waals surface area contributed by atoms with Gasteiger partial charge in [0.25, 0.3) is 10.0 Å². The van der Waals surface area contributed by atoms with Crippen LogP contribution in [0.2, 0.25) is 0 Å². The molecule has 0 aliphatic carbocycles. The van der Waals surface area contributed by atoms with Crippen molar-refractivity contribution in [3.05, 3.63) is 54.1 Å². The van der Waals surface area contributed by atoms with Crippen LogP contribution < -0.4 is 4.72 Å². The minimum absolute atomic E-state index is 0.213. The zero-order valence-corrected chi connectivity index (χ0v) is 14.4.